The van der Waals surface area contributed by atoms with E-state index >= 15 is 0 Å². The molecular weight excluding hydrogens is 248 g/mol. The summed E-state index contributed by atoms with van der Waals surface area (Å²) in [5.41, 5.74) is 1.07. The Morgan fingerprint density at radius 1 is 1.56 bits per heavy atom. The van der Waals surface area contributed by atoms with Crippen molar-refractivity contribution in [1.82, 2.24) is 20.3 Å². The Labute approximate surface area is 111 Å². The highest BCUT2D eigenvalue weighted by molar-refractivity contribution is 7.10. The molecule has 0 radical (unpaired) electrons. The molecule has 0 aliphatic rings. The first kappa shape index (κ1) is 13.0. The number of aryl methyl sites for hydroxylation is 1. The lowest BCUT2D eigenvalue weighted by atomic mass is 10.1. The standard InChI is InChI=1S/C12H18N4OS/c1-4-6-16-9(8-14-15-16)11(13-2)12-10(17-3)5-7-18-12/h5,7-8,11,13H,4,6H2,1-3H3. The Morgan fingerprint density at radius 3 is 3.06 bits per heavy atom. The maximum absolute atomic E-state index is 5.39. The quantitative estimate of drug-likeness (QED) is 0.869. The number of methoxy groups -OCH3 is 1. The summed E-state index contributed by atoms with van der Waals surface area (Å²) < 4.78 is 7.33. The van der Waals surface area contributed by atoms with Crippen molar-refractivity contribution in [1.29, 1.82) is 0 Å². The molecule has 6 heteroatoms. The second-order valence-corrected chi connectivity index (χ2v) is 4.90. The SMILES string of the molecule is CCCn1nncc1C(NC)c1sccc1OC. The molecule has 98 valence electrons. The van der Waals surface area contributed by atoms with Crippen molar-refractivity contribution in [3.8, 4) is 5.75 Å². The fourth-order valence-corrected chi connectivity index (χ4v) is 2.96. The van der Waals surface area contributed by atoms with Crippen LogP contribution >= 0.6 is 11.3 Å². The van der Waals surface area contributed by atoms with Crippen molar-refractivity contribution in [3.05, 3.63) is 28.2 Å². The number of thiophene rings is 1. The molecule has 18 heavy (non-hydrogen) atoms. The maximum Gasteiger partial charge on any atom is 0.134 e. The minimum absolute atomic E-state index is 0.0708. The molecule has 0 bridgehead atoms. The number of ether oxygens (including phenoxy) is 1. The van der Waals surface area contributed by atoms with Gasteiger partial charge in [-0.05, 0) is 24.9 Å². The normalized spacial score (nSPS) is 12.6. The van der Waals surface area contributed by atoms with Gasteiger partial charge in [0.2, 0.25) is 0 Å². The number of hydrogen-bond donors (Lipinski definition) is 1. The van der Waals surface area contributed by atoms with Crippen LogP contribution in [-0.2, 0) is 6.54 Å². The van der Waals surface area contributed by atoms with Gasteiger partial charge >= 0.3 is 0 Å². The highest BCUT2D eigenvalue weighted by Gasteiger charge is 2.21. The summed E-state index contributed by atoms with van der Waals surface area (Å²) in [7, 11) is 3.63. The van der Waals surface area contributed by atoms with Gasteiger partial charge in [0.25, 0.3) is 0 Å². The van der Waals surface area contributed by atoms with Crippen LogP contribution in [-0.4, -0.2) is 29.2 Å². The predicted octanol–water partition coefficient (Wildman–Crippen LogP) is 2.07. The van der Waals surface area contributed by atoms with Crippen LogP contribution < -0.4 is 10.1 Å². The van der Waals surface area contributed by atoms with Gasteiger partial charge in [-0.1, -0.05) is 12.1 Å². The molecule has 0 fully saturated rings. The number of nitrogens with zero attached hydrogens (tertiary/aromatic N) is 3. The van der Waals surface area contributed by atoms with Crippen LogP contribution in [0.25, 0.3) is 0 Å². The monoisotopic (exact) mass is 266 g/mol. The van der Waals surface area contributed by atoms with Crippen LogP contribution in [0.5, 0.6) is 5.75 Å². The van der Waals surface area contributed by atoms with E-state index < -0.39 is 0 Å². The number of nitrogens with one attached hydrogen (secondary N) is 1. The fraction of sp³-hybridized carbons (Fsp3) is 0.500. The van der Waals surface area contributed by atoms with Gasteiger partial charge in [0.15, 0.2) is 0 Å². The molecule has 2 heterocycles. The molecule has 0 aliphatic heterocycles. The zero-order valence-electron chi connectivity index (χ0n) is 10.9. The summed E-state index contributed by atoms with van der Waals surface area (Å²) in [4.78, 5) is 1.15. The second-order valence-electron chi connectivity index (χ2n) is 3.96. The van der Waals surface area contributed by atoms with E-state index in [0.717, 1.165) is 29.3 Å². The zero-order chi connectivity index (χ0) is 13.0. The van der Waals surface area contributed by atoms with Gasteiger partial charge in [-0.3, -0.25) is 0 Å². The van der Waals surface area contributed by atoms with E-state index in [1.807, 2.05) is 29.4 Å². The summed E-state index contributed by atoms with van der Waals surface area (Å²) in [6, 6.07) is 2.06. The van der Waals surface area contributed by atoms with E-state index in [1.165, 1.54) is 0 Å². The molecular formula is C12H18N4OS. The summed E-state index contributed by atoms with van der Waals surface area (Å²) in [6.45, 7) is 3.01. The summed E-state index contributed by atoms with van der Waals surface area (Å²) >= 11 is 1.68. The van der Waals surface area contributed by atoms with E-state index in [2.05, 4.69) is 22.6 Å². The third kappa shape index (κ3) is 2.39. The molecule has 0 aromatic carbocycles. The van der Waals surface area contributed by atoms with Crippen molar-refractivity contribution in [2.45, 2.75) is 25.9 Å². The van der Waals surface area contributed by atoms with Gasteiger partial charge in [0.05, 0.1) is 29.9 Å². The smallest absolute Gasteiger partial charge is 0.134 e. The minimum atomic E-state index is 0.0708. The molecule has 2 aromatic rings. The Kier molecular flexibility index (Phi) is 4.33. The fourth-order valence-electron chi connectivity index (χ4n) is 1.98. The van der Waals surface area contributed by atoms with Crippen molar-refractivity contribution >= 4 is 11.3 Å². The van der Waals surface area contributed by atoms with Crippen LogP contribution in [0, 0.1) is 0 Å². The van der Waals surface area contributed by atoms with Crippen molar-refractivity contribution in [2.75, 3.05) is 14.2 Å². The molecule has 1 N–H and O–H groups in total. The van der Waals surface area contributed by atoms with Crippen LogP contribution in [0.3, 0.4) is 0 Å². The van der Waals surface area contributed by atoms with E-state index in [9.17, 15) is 0 Å². The molecule has 0 saturated heterocycles. The lowest BCUT2D eigenvalue weighted by Gasteiger charge is -2.17. The number of aromatic nitrogens is 3. The van der Waals surface area contributed by atoms with E-state index in [0.29, 0.717) is 0 Å². The molecule has 0 saturated carbocycles. The van der Waals surface area contributed by atoms with Gasteiger partial charge in [-0.25, -0.2) is 4.68 Å². The van der Waals surface area contributed by atoms with Crippen LogP contribution in [0.15, 0.2) is 17.6 Å². The van der Waals surface area contributed by atoms with Crippen molar-refractivity contribution in [3.63, 3.8) is 0 Å². The first-order chi connectivity index (χ1) is 8.81. The minimum Gasteiger partial charge on any atom is -0.496 e. The Balaban J connectivity index is 2.36. The molecule has 1 atom stereocenters. The second kappa shape index (κ2) is 5.97. The van der Waals surface area contributed by atoms with Gasteiger partial charge in [-0.2, -0.15) is 0 Å². The third-order valence-corrected chi connectivity index (χ3v) is 3.77. The molecule has 1 unspecified atom stereocenters. The van der Waals surface area contributed by atoms with Crippen molar-refractivity contribution in [2.24, 2.45) is 0 Å². The Morgan fingerprint density at radius 2 is 2.39 bits per heavy atom. The number of hydrogen-bond acceptors (Lipinski definition) is 5. The van der Waals surface area contributed by atoms with Crippen LogP contribution in [0.2, 0.25) is 0 Å². The first-order valence-corrected chi connectivity index (χ1v) is 6.86. The van der Waals surface area contributed by atoms with E-state index in [1.54, 1.807) is 18.4 Å². The van der Waals surface area contributed by atoms with Gasteiger partial charge < -0.3 is 10.1 Å². The average Bonchev–Trinajstić information content (AvgIpc) is 3.01. The molecule has 5 nitrogen and oxygen atoms in total. The molecule has 0 amide bonds. The Hall–Kier alpha value is -1.40. The Bertz CT molecular complexity index is 494. The highest BCUT2D eigenvalue weighted by Crippen LogP contribution is 2.34. The molecule has 2 rings (SSSR count). The van der Waals surface area contributed by atoms with E-state index in [4.69, 9.17) is 4.74 Å². The van der Waals surface area contributed by atoms with E-state index in [-0.39, 0.29) is 6.04 Å². The zero-order valence-corrected chi connectivity index (χ0v) is 11.7. The van der Waals surface area contributed by atoms with Gasteiger partial charge in [-0.15, -0.1) is 16.4 Å². The van der Waals surface area contributed by atoms with Gasteiger partial charge in [0.1, 0.15) is 5.75 Å². The third-order valence-electron chi connectivity index (χ3n) is 2.81. The molecule has 2 aromatic heterocycles. The lowest BCUT2D eigenvalue weighted by molar-refractivity contribution is 0.406. The van der Waals surface area contributed by atoms with Gasteiger partial charge in [0, 0.05) is 6.54 Å². The molecule has 0 aliphatic carbocycles. The van der Waals surface area contributed by atoms with Crippen LogP contribution in [0.1, 0.15) is 30.0 Å². The largest absolute Gasteiger partial charge is 0.496 e. The first-order valence-electron chi connectivity index (χ1n) is 5.98. The molecule has 0 spiro atoms. The highest BCUT2D eigenvalue weighted by atomic mass is 32.1. The summed E-state index contributed by atoms with van der Waals surface area (Å²) in [6.07, 6.45) is 2.85. The topological polar surface area (TPSA) is 52.0 Å². The summed E-state index contributed by atoms with van der Waals surface area (Å²) in [5, 5.41) is 13.5. The lowest BCUT2D eigenvalue weighted by Crippen LogP contribution is -2.21. The van der Waals surface area contributed by atoms with Crippen molar-refractivity contribution < 1.29 is 4.74 Å². The average molecular weight is 266 g/mol. The summed E-state index contributed by atoms with van der Waals surface area (Å²) in [5.74, 6) is 0.906. The number of rotatable bonds is 6. The maximum atomic E-state index is 5.39. The predicted molar refractivity (Wildman–Crippen MR) is 72.1 cm³/mol. The van der Waals surface area contributed by atoms with Crippen LogP contribution in [0.4, 0.5) is 0 Å².